The summed E-state index contributed by atoms with van der Waals surface area (Å²) in [5.41, 5.74) is 0.270. The third-order valence-corrected chi connectivity index (χ3v) is 4.22. The number of nitrogens with one attached hydrogen (secondary N) is 1. The molecular weight excluding hydrogens is 224 g/mol. The van der Waals surface area contributed by atoms with Gasteiger partial charge >= 0.3 is 0 Å². The van der Waals surface area contributed by atoms with Gasteiger partial charge in [-0.05, 0) is 38.5 Å². The maximum absolute atomic E-state index is 5.74. The summed E-state index contributed by atoms with van der Waals surface area (Å²) in [7, 11) is 0. The summed E-state index contributed by atoms with van der Waals surface area (Å²) in [4.78, 5) is 2.62. The van der Waals surface area contributed by atoms with Crippen LogP contribution in [0.1, 0.15) is 40.5 Å². The van der Waals surface area contributed by atoms with Crippen molar-refractivity contribution in [3.8, 4) is 0 Å². The van der Waals surface area contributed by atoms with Crippen molar-refractivity contribution in [1.29, 1.82) is 0 Å². The van der Waals surface area contributed by atoms with Gasteiger partial charge in [-0.2, -0.15) is 0 Å². The summed E-state index contributed by atoms with van der Waals surface area (Å²) in [6.07, 6.45) is 2.85. The van der Waals surface area contributed by atoms with Gasteiger partial charge in [0.15, 0.2) is 0 Å². The molecule has 1 atom stereocenters. The van der Waals surface area contributed by atoms with Gasteiger partial charge in [0.25, 0.3) is 0 Å². The summed E-state index contributed by atoms with van der Waals surface area (Å²) < 4.78 is 5.74. The van der Waals surface area contributed by atoms with Crippen LogP contribution in [0.3, 0.4) is 0 Å². The van der Waals surface area contributed by atoms with Crippen LogP contribution in [0.25, 0.3) is 0 Å². The molecule has 1 aliphatic heterocycles. The lowest BCUT2D eigenvalue weighted by molar-refractivity contribution is 0.0201. The number of hydrogen-bond acceptors (Lipinski definition) is 3. The Morgan fingerprint density at radius 2 is 2.06 bits per heavy atom. The third kappa shape index (κ3) is 3.94. The van der Waals surface area contributed by atoms with Crippen molar-refractivity contribution in [2.45, 2.75) is 52.1 Å². The molecule has 0 amide bonds. The monoisotopic (exact) mass is 254 g/mol. The van der Waals surface area contributed by atoms with Gasteiger partial charge in [0.05, 0.1) is 6.61 Å². The molecule has 1 saturated heterocycles. The molecule has 0 aromatic rings. The first-order valence-electron chi connectivity index (χ1n) is 7.55. The third-order valence-electron chi connectivity index (χ3n) is 4.22. The van der Waals surface area contributed by atoms with Gasteiger partial charge in [-0.1, -0.05) is 13.8 Å². The molecular formula is C15H30N2O. The fourth-order valence-corrected chi connectivity index (χ4v) is 2.74. The Kier molecular flexibility index (Phi) is 4.68. The lowest BCUT2D eigenvalue weighted by Gasteiger charge is -2.46. The van der Waals surface area contributed by atoms with E-state index in [1.54, 1.807) is 0 Å². The predicted octanol–water partition coefficient (Wildman–Crippen LogP) is 2.12. The van der Waals surface area contributed by atoms with Crippen LogP contribution in [0.5, 0.6) is 0 Å². The van der Waals surface area contributed by atoms with E-state index < -0.39 is 0 Å². The molecule has 1 unspecified atom stereocenters. The van der Waals surface area contributed by atoms with Crippen LogP contribution >= 0.6 is 0 Å². The van der Waals surface area contributed by atoms with E-state index in [0.717, 1.165) is 38.3 Å². The van der Waals surface area contributed by atoms with Crippen molar-refractivity contribution < 1.29 is 4.74 Å². The van der Waals surface area contributed by atoms with E-state index in [1.807, 2.05) is 0 Å². The Bertz CT molecular complexity index is 261. The van der Waals surface area contributed by atoms with Crippen LogP contribution in [0.2, 0.25) is 0 Å². The predicted molar refractivity (Wildman–Crippen MR) is 75.8 cm³/mol. The van der Waals surface area contributed by atoms with Gasteiger partial charge in [-0.3, -0.25) is 4.90 Å². The largest absolute Gasteiger partial charge is 0.380 e. The Labute approximate surface area is 112 Å². The highest BCUT2D eigenvalue weighted by atomic mass is 16.5. The van der Waals surface area contributed by atoms with Gasteiger partial charge in [-0.25, -0.2) is 0 Å². The molecule has 2 rings (SSSR count). The van der Waals surface area contributed by atoms with E-state index in [9.17, 15) is 0 Å². The molecule has 0 spiro atoms. The molecule has 3 nitrogen and oxygen atoms in total. The fraction of sp³-hybridized carbons (Fsp3) is 1.00. The normalized spacial score (nSPS) is 28.8. The lowest BCUT2D eigenvalue weighted by Crippen LogP contribution is -2.63. The smallest absolute Gasteiger partial charge is 0.0593 e. The van der Waals surface area contributed by atoms with Crippen LogP contribution in [-0.2, 0) is 4.74 Å². The molecule has 0 aromatic heterocycles. The van der Waals surface area contributed by atoms with Gasteiger partial charge in [0, 0.05) is 37.8 Å². The molecule has 1 aliphatic carbocycles. The van der Waals surface area contributed by atoms with Crippen molar-refractivity contribution in [1.82, 2.24) is 10.2 Å². The average molecular weight is 254 g/mol. The zero-order valence-corrected chi connectivity index (χ0v) is 12.5. The summed E-state index contributed by atoms with van der Waals surface area (Å²) in [5.74, 6) is 1.58. The second-order valence-corrected chi connectivity index (χ2v) is 7.05. The summed E-state index contributed by atoms with van der Waals surface area (Å²) in [5, 5.41) is 3.73. The number of ether oxygens (including phenoxy) is 1. The van der Waals surface area contributed by atoms with Crippen molar-refractivity contribution in [3.63, 3.8) is 0 Å². The molecule has 18 heavy (non-hydrogen) atoms. The Hall–Kier alpha value is -0.120. The summed E-state index contributed by atoms with van der Waals surface area (Å²) in [6.45, 7) is 14.2. The molecule has 2 aliphatic rings. The maximum Gasteiger partial charge on any atom is 0.0593 e. The molecule has 106 valence electrons. The standard InChI is InChI=1S/C15H30N2O/c1-12(2)10-18-8-7-17-9-14(13-5-6-13)16-11-15(17,3)4/h12-14,16H,5-11H2,1-4H3. The quantitative estimate of drug-likeness (QED) is 0.735. The van der Waals surface area contributed by atoms with Crippen LogP contribution in [0.15, 0.2) is 0 Å². The maximum atomic E-state index is 5.74. The SMILES string of the molecule is CC(C)COCCN1CC(C2CC2)NCC1(C)C. The second-order valence-electron chi connectivity index (χ2n) is 7.05. The van der Waals surface area contributed by atoms with Crippen LogP contribution in [0.4, 0.5) is 0 Å². The molecule has 0 bridgehead atoms. The Morgan fingerprint density at radius 1 is 1.33 bits per heavy atom. The van der Waals surface area contributed by atoms with Crippen molar-refractivity contribution in [2.75, 3.05) is 32.8 Å². The number of piperazine rings is 1. The van der Waals surface area contributed by atoms with Crippen LogP contribution in [0, 0.1) is 11.8 Å². The molecule has 3 heteroatoms. The number of rotatable bonds is 6. The van der Waals surface area contributed by atoms with Gasteiger partial charge in [0.2, 0.25) is 0 Å². The molecule has 1 saturated carbocycles. The first-order valence-corrected chi connectivity index (χ1v) is 7.55. The first kappa shape index (κ1) is 14.3. The Balaban J connectivity index is 1.75. The van der Waals surface area contributed by atoms with E-state index in [-0.39, 0.29) is 5.54 Å². The van der Waals surface area contributed by atoms with Gasteiger partial charge in [0.1, 0.15) is 0 Å². The molecule has 0 aromatic carbocycles. The van der Waals surface area contributed by atoms with E-state index in [1.165, 1.54) is 19.4 Å². The van der Waals surface area contributed by atoms with Crippen LogP contribution < -0.4 is 5.32 Å². The van der Waals surface area contributed by atoms with Crippen molar-refractivity contribution in [3.05, 3.63) is 0 Å². The van der Waals surface area contributed by atoms with Crippen molar-refractivity contribution in [2.24, 2.45) is 11.8 Å². The minimum atomic E-state index is 0.270. The highest BCUT2D eigenvalue weighted by Gasteiger charge is 2.39. The second kappa shape index (κ2) is 5.89. The van der Waals surface area contributed by atoms with E-state index >= 15 is 0 Å². The van der Waals surface area contributed by atoms with Crippen LogP contribution in [-0.4, -0.2) is 49.3 Å². The van der Waals surface area contributed by atoms with E-state index in [2.05, 4.69) is 37.9 Å². The topological polar surface area (TPSA) is 24.5 Å². The average Bonchev–Trinajstić information content (AvgIpc) is 3.09. The summed E-state index contributed by atoms with van der Waals surface area (Å²) >= 11 is 0. The van der Waals surface area contributed by atoms with Gasteiger partial charge < -0.3 is 10.1 Å². The molecule has 2 fully saturated rings. The number of nitrogens with zero attached hydrogens (tertiary/aromatic N) is 1. The minimum absolute atomic E-state index is 0.270. The van der Waals surface area contributed by atoms with Gasteiger partial charge in [-0.15, -0.1) is 0 Å². The zero-order valence-electron chi connectivity index (χ0n) is 12.5. The Morgan fingerprint density at radius 3 is 2.67 bits per heavy atom. The molecule has 0 radical (unpaired) electrons. The first-order chi connectivity index (χ1) is 8.49. The molecule has 1 heterocycles. The van der Waals surface area contributed by atoms with E-state index in [0.29, 0.717) is 5.92 Å². The lowest BCUT2D eigenvalue weighted by atomic mass is 9.96. The molecule has 1 N–H and O–H groups in total. The zero-order chi connectivity index (χ0) is 13.2. The van der Waals surface area contributed by atoms with E-state index in [4.69, 9.17) is 4.74 Å². The highest BCUT2D eigenvalue weighted by Crippen LogP contribution is 2.35. The summed E-state index contributed by atoms with van der Waals surface area (Å²) in [6, 6.07) is 0.725. The minimum Gasteiger partial charge on any atom is -0.380 e. The number of hydrogen-bond donors (Lipinski definition) is 1. The fourth-order valence-electron chi connectivity index (χ4n) is 2.74. The van der Waals surface area contributed by atoms with Crippen molar-refractivity contribution >= 4 is 0 Å². The highest BCUT2D eigenvalue weighted by molar-refractivity contribution is 4.98.